The van der Waals surface area contributed by atoms with Gasteiger partial charge in [-0.3, -0.25) is 9.79 Å². The van der Waals surface area contributed by atoms with E-state index in [1.54, 1.807) is 11.9 Å². The molecule has 1 aliphatic heterocycles. The van der Waals surface area contributed by atoms with Gasteiger partial charge in [0.25, 0.3) is 5.91 Å². The van der Waals surface area contributed by atoms with E-state index >= 15 is 0 Å². The van der Waals surface area contributed by atoms with Crippen molar-refractivity contribution in [1.82, 2.24) is 10.2 Å². The number of benzene rings is 2. The zero-order valence-corrected chi connectivity index (χ0v) is 18.6. The van der Waals surface area contributed by atoms with Gasteiger partial charge in [0.1, 0.15) is 6.61 Å². The van der Waals surface area contributed by atoms with Crippen LogP contribution in [-0.2, 0) is 11.3 Å². The number of carbonyl (C=O) groups excluding carboxylic acids is 2. The lowest BCUT2D eigenvalue weighted by Gasteiger charge is -2.31. The second kappa shape index (κ2) is 10.8. The van der Waals surface area contributed by atoms with Crippen molar-refractivity contribution >= 4 is 17.7 Å². The van der Waals surface area contributed by atoms with Crippen molar-refractivity contribution in [2.45, 2.75) is 33.3 Å². The molecular formula is C25H31N3O3. The number of hydrogen-bond acceptors (Lipinski definition) is 4. The quantitative estimate of drug-likeness (QED) is 0.710. The SMILES string of the molecule is C/N=C(\C)c1ccc(C(=O)NCC2CCN(C(=O)OCc3ccc(C)cc3)CC2)cc1. The van der Waals surface area contributed by atoms with Crippen molar-refractivity contribution < 1.29 is 14.3 Å². The lowest BCUT2D eigenvalue weighted by atomic mass is 9.97. The molecular weight excluding hydrogens is 390 g/mol. The van der Waals surface area contributed by atoms with Gasteiger partial charge in [0, 0.05) is 38.0 Å². The fourth-order valence-corrected chi connectivity index (χ4v) is 3.57. The van der Waals surface area contributed by atoms with Gasteiger partial charge in [0.05, 0.1) is 0 Å². The maximum absolute atomic E-state index is 12.4. The molecule has 1 aliphatic rings. The van der Waals surface area contributed by atoms with Crippen LogP contribution in [0, 0.1) is 12.8 Å². The number of nitrogens with one attached hydrogen (secondary N) is 1. The molecule has 3 rings (SSSR count). The van der Waals surface area contributed by atoms with Crippen molar-refractivity contribution in [3.05, 3.63) is 70.8 Å². The van der Waals surface area contributed by atoms with Gasteiger partial charge in [0.2, 0.25) is 0 Å². The molecule has 6 heteroatoms. The summed E-state index contributed by atoms with van der Waals surface area (Å²) < 4.78 is 5.44. The van der Waals surface area contributed by atoms with Crippen LogP contribution in [0.2, 0.25) is 0 Å². The van der Waals surface area contributed by atoms with Gasteiger partial charge in [-0.05, 0) is 55.9 Å². The number of rotatable bonds is 6. The van der Waals surface area contributed by atoms with E-state index in [1.165, 1.54) is 5.56 Å². The molecule has 0 unspecified atom stereocenters. The summed E-state index contributed by atoms with van der Waals surface area (Å²) in [6, 6.07) is 15.5. The lowest BCUT2D eigenvalue weighted by Crippen LogP contribution is -2.41. The number of ether oxygens (including phenoxy) is 1. The first-order chi connectivity index (χ1) is 15.0. The lowest BCUT2D eigenvalue weighted by molar-refractivity contribution is 0.0801. The van der Waals surface area contributed by atoms with Crippen LogP contribution in [0.15, 0.2) is 53.5 Å². The van der Waals surface area contributed by atoms with Gasteiger partial charge in [-0.15, -0.1) is 0 Å². The van der Waals surface area contributed by atoms with Gasteiger partial charge in [-0.1, -0.05) is 42.0 Å². The zero-order valence-electron chi connectivity index (χ0n) is 18.6. The molecule has 2 aromatic rings. The maximum atomic E-state index is 12.4. The van der Waals surface area contributed by atoms with E-state index in [0.29, 0.717) is 31.1 Å². The minimum absolute atomic E-state index is 0.0717. The number of aryl methyl sites for hydroxylation is 1. The van der Waals surface area contributed by atoms with Crippen LogP contribution in [0.3, 0.4) is 0 Å². The highest BCUT2D eigenvalue weighted by Gasteiger charge is 2.24. The number of carbonyl (C=O) groups is 2. The predicted octanol–water partition coefficient (Wildman–Crippen LogP) is 4.21. The van der Waals surface area contributed by atoms with Crippen LogP contribution in [0.5, 0.6) is 0 Å². The molecule has 0 spiro atoms. The first-order valence-electron chi connectivity index (χ1n) is 10.8. The summed E-state index contributed by atoms with van der Waals surface area (Å²) in [6.07, 6.45) is 1.43. The highest BCUT2D eigenvalue weighted by Crippen LogP contribution is 2.18. The number of likely N-dealkylation sites (tertiary alicyclic amines) is 1. The van der Waals surface area contributed by atoms with Crippen molar-refractivity contribution in [2.24, 2.45) is 10.9 Å². The van der Waals surface area contributed by atoms with Crippen LogP contribution in [0.1, 0.15) is 46.8 Å². The highest BCUT2D eigenvalue weighted by atomic mass is 16.6. The molecule has 1 heterocycles. The van der Waals surface area contributed by atoms with E-state index in [0.717, 1.165) is 29.7 Å². The number of aliphatic imine (C=N–C) groups is 1. The zero-order chi connectivity index (χ0) is 22.2. The Kier molecular flexibility index (Phi) is 7.82. The molecule has 0 bridgehead atoms. The smallest absolute Gasteiger partial charge is 0.410 e. The molecule has 1 fully saturated rings. The van der Waals surface area contributed by atoms with Crippen LogP contribution < -0.4 is 5.32 Å². The topological polar surface area (TPSA) is 71.0 Å². The summed E-state index contributed by atoms with van der Waals surface area (Å²) in [5, 5.41) is 3.02. The summed E-state index contributed by atoms with van der Waals surface area (Å²) in [4.78, 5) is 30.7. The van der Waals surface area contributed by atoms with Gasteiger partial charge < -0.3 is 15.0 Å². The Bertz CT molecular complexity index is 912. The number of hydrogen-bond donors (Lipinski definition) is 1. The highest BCUT2D eigenvalue weighted by molar-refractivity contribution is 6.00. The molecule has 0 aliphatic carbocycles. The summed E-state index contributed by atoms with van der Waals surface area (Å²) in [6.45, 7) is 6.18. The van der Waals surface area contributed by atoms with Crippen molar-refractivity contribution in [2.75, 3.05) is 26.7 Å². The Balaban J connectivity index is 1.39. The van der Waals surface area contributed by atoms with Crippen LogP contribution in [0.4, 0.5) is 4.79 Å². The predicted molar refractivity (Wildman–Crippen MR) is 123 cm³/mol. The van der Waals surface area contributed by atoms with Gasteiger partial charge >= 0.3 is 6.09 Å². The molecule has 2 aromatic carbocycles. The second-order valence-electron chi connectivity index (χ2n) is 8.07. The van der Waals surface area contributed by atoms with Crippen molar-refractivity contribution in [3.63, 3.8) is 0 Å². The monoisotopic (exact) mass is 421 g/mol. The van der Waals surface area contributed by atoms with E-state index in [9.17, 15) is 9.59 Å². The third kappa shape index (κ3) is 6.41. The van der Waals surface area contributed by atoms with E-state index in [2.05, 4.69) is 10.3 Å². The molecule has 0 radical (unpaired) electrons. The Morgan fingerprint density at radius 3 is 2.26 bits per heavy atom. The standard InChI is InChI=1S/C25H31N3O3/c1-18-4-6-21(7-5-18)17-31-25(30)28-14-12-20(13-15-28)16-27-24(29)23-10-8-22(9-11-23)19(2)26-3/h4-11,20H,12-17H2,1-3H3,(H,27,29)/b26-19+. The van der Waals surface area contributed by atoms with E-state index < -0.39 is 0 Å². The fraction of sp³-hybridized carbons (Fsp3) is 0.400. The molecule has 1 saturated heterocycles. The largest absolute Gasteiger partial charge is 0.445 e. The molecule has 0 saturated carbocycles. The van der Waals surface area contributed by atoms with Crippen LogP contribution in [-0.4, -0.2) is 49.3 Å². The van der Waals surface area contributed by atoms with Crippen LogP contribution in [0.25, 0.3) is 0 Å². The third-order valence-electron chi connectivity index (χ3n) is 5.81. The normalized spacial score (nSPS) is 14.9. The summed E-state index contributed by atoms with van der Waals surface area (Å²) in [5.41, 5.74) is 4.77. The first kappa shape index (κ1) is 22.5. The molecule has 0 aromatic heterocycles. The van der Waals surface area contributed by atoms with E-state index in [-0.39, 0.29) is 18.6 Å². The molecule has 31 heavy (non-hydrogen) atoms. The minimum Gasteiger partial charge on any atom is -0.445 e. The van der Waals surface area contributed by atoms with Gasteiger partial charge in [-0.25, -0.2) is 4.79 Å². The summed E-state index contributed by atoms with van der Waals surface area (Å²) >= 11 is 0. The maximum Gasteiger partial charge on any atom is 0.410 e. The molecule has 6 nitrogen and oxygen atoms in total. The Morgan fingerprint density at radius 1 is 1.03 bits per heavy atom. The van der Waals surface area contributed by atoms with Crippen LogP contribution >= 0.6 is 0 Å². The second-order valence-corrected chi connectivity index (χ2v) is 8.07. The summed E-state index contributed by atoms with van der Waals surface area (Å²) in [5.74, 6) is 0.288. The average molecular weight is 422 g/mol. The number of amides is 2. The van der Waals surface area contributed by atoms with Crippen molar-refractivity contribution in [1.29, 1.82) is 0 Å². The fourth-order valence-electron chi connectivity index (χ4n) is 3.57. The Morgan fingerprint density at radius 2 is 1.65 bits per heavy atom. The first-order valence-corrected chi connectivity index (χ1v) is 10.8. The molecule has 164 valence electrons. The summed E-state index contributed by atoms with van der Waals surface area (Å²) in [7, 11) is 1.75. The Hall–Kier alpha value is -3.15. The number of nitrogens with zero attached hydrogens (tertiary/aromatic N) is 2. The number of piperidine rings is 1. The van der Waals surface area contributed by atoms with Crippen molar-refractivity contribution in [3.8, 4) is 0 Å². The molecule has 2 amide bonds. The van der Waals surface area contributed by atoms with Gasteiger partial charge in [-0.2, -0.15) is 0 Å². The van der Waals surface area contributed by atoms with Gasteiger partial charge in [0.15, 0.2) is 0 Å². The Labute approximate surface area is 184 Å². The molecule has 0 atom stereocenters. The van der Waals surface area contributed by atoms with E-state index in [1.807, 2.05) is 62.4 Å². The third-order valence-corrected chi connectivity index (χ3v) is 5.81. The van der Waals surface area contributed by atoms with E-state index in [4.69, 9.17) is 4.74 Å². The average Bonchev–Trinajstić information content (AvgIpc) is 2.82. The molecule has 1 N–H and O–H groups in total. The minimum atomic E-state index is -0.269.